The Kier molecular flexibility index (Phi) is 5.88. The zero-order chi connectivity index (χ0) is 22.1. The van der Waals surface area contributed by atoms with Crippen LogP contribution in [-0.2, 0) is 32.7 Å². The fourth-order valence-corrected chi connectivity index (χ4v) is 5.68. The molecule has 1 saturated heterocycles. The van der Waals surface area contributed by atoms with Crippen molar-refractivity contribution in [3.63, 3.8) is 0 Å². The van der Waals surface area contributed by atoms with Crippen molar-refractivity contribution in [2.24, 2.45) is 7.05 Å². The first-order valence-electron chi connectivity index (χ1n) is 8.51. The van der Waals surface area contributed by atoms with Crippen LogP contribution < -0.4 is 5.32 Å². The van der Waals surface area contributed by atoms with Gasteiger partial charge in [0.25, 0.3) is 11.8 Å². The summed E-state index contributed by atoms with van der Waals surface area (Å²) in [7, 11) is 1.47. The number of carbonyl (C=O) groups is 3. The summed E-state index contributed by atoms with van der Waals surface area (Å²) < 4.78 is 12.6. The lowest BCUT2D eigenvalue weighted by Gasteiger charge is -2.49. The van der Waals surface area contributed by atoms with Gasteiger partial charge < -0.3 is 10.4 Å². The van der Waals surface area contributed by atoms with Gasteiger partial charge in [-0.3, -0.25) is 19.6 Å². The van der Waals surface area contributed by atoms with Gasteiger partial charge in [-0.25, -0.2) is 13.7 Å². The number of aromatic amines is 1. The number of hydrogen-bond donors (Lipinski definition) is 3. The number of amides is 2. The van der Waals surface area contributed by atoms with E-state index in [0.29, 0.717) is 22.1 Å². The molecule has 0 saturated carbocycles. The molecule has 2 aliphatic heterocycles. The van der Waals surface area contributed by atoms with Gasteiger partial charge in [-0.15, -0.1) is 33.7 Å². The standard InChI is InChI=1S/C14H13N9O5S3/c1-22-10(18-20-21-22)9(31-28)11(24)16-7-12(25)23-8(14(26)27)5(4-30-13(7)23)3-29-6-2-15-19-17-6/h2,7,13H,3-4H2,1H3,(H,16,24)(H,26,27)(H,15,17,19)/t7?,13-/m1/s1. The molecule has 31 heavy (non-hydrogen) atoms. The molecule has 0 aliphatic carbocycles. The van der Waals surface area contributed by atoms with Crippen molar-refractivity contribution in [2.45, 2.75) is 16.4 Å². The second-order valence-electron chi connectivity index (χ2n) is 6.27. The summed E-state index contributed by atoms with van der Waals surface area (Å²) >= 11 is 2.55. The van der Waals surface area contributed by atoms with Crippen LogP contribution in [0.25, 0.3) is 0 Å². The average Bonchev–Trinajstić information content (AvgIpc) is 3.42. The summed E-state index contributed by atoms with van der Waals surface area (Å²) in [6.45, 7) is 0. The van der Waals surface area contributed by atoms with Crippen LogP contribution in [0.4, 0.5) is 0 Å². The molecule has 2 aliphatic rings. The number of β-lactam (4-membered cyclic amide) rings is 1. The van der Waals surface area contributed by atoms with Crippen molar-refractivity contribution in [3.05, 3.63) is 23.3 Å². The summed E-state index contributed by atoms with van der Waals surface area (Å²) in [5.74, 6) is -1.94. The molecule has 0 radical (unpaired) electrons. The van der Waals surface area contributed by atoms with Crippen LogP contribution in [0.5, 0.6) is 0 Å². The number of tetrazole rings is 1. The Morgan fingerprint density at radius 1 is 1.45 bits per heavy atom. The predicted molar refractivity (Wildman–Crippen MR) is 108 cm³/mol. The van der Waals surface area contributed by atoms with Crippen LogP contribution in [0.2, 0.25) is 0 Å². The number of carbonyl (C=O) groups excluding carboxylic acids is 2. The number of carboxylic acid groups (broad SMARTS) is 1. The Morgan fingerprint density at radius 2 is 2.26 bits per heavy atom. The molecule has 4 heterocycles. The molecule has 3 N–H and O–H groups in total. The van der Waals surface area contributed by atoms with Gasteiger partial charge in [0, 0.05) is 18.6 Å². The minimum absolute atomic E-state index is 0.0313. The van der Waals surface area contributed by atoms with Crippen LogP contribution in [0, 0.1) is 0 Å². The SMILES string of the molecule is Cn1nnnc1C(=S=O)C(=O)NC1C(=O)N2C(C(=O)O)=C(CSc3cnn[nH]3)CS[C@H]12. The third-order valence-electron chi connectivity index (χ3n) is 4.44. The van der Waals surface area contributed by atoms with Gasteiger partial charge in [-0.1, -0.05) is 5.21 Å². The molecule has 0 spiro atoms. The first kappa shape index (κ1) is 21.2. The van der Waals surface area contributed by atoms with Crippen molar-refractivity contribution in [1.82, 2.24) is 45.8 Å². The Balaban J connectivity index is 1.50. The van der Waals surface area contributed by atoms with Gasteiger partial charge in [0.15, 0.2) is 4.86 Å². The molecule has 4 rings (SSSR count). The first-order valence-corrected chi connectivity index (χ1v) is 11.3. The second-order valence-corrected chi connectivity index (χ2v) is 8.96. The lowest BCUT2D eigenvalue weighted by Crippen LogP contribution is -2.71. The highest BCUT2D eigenvalue weighted by atomic mass is 32.2. The number of thioether (sulfide) groups is 2. The van der Waals surface area contributed by atoms with E-state index in [2.05, 4.69) is 36.3 Å². The number of aryl methyl sites for hydroxylation is 1. The third kappa shape index (κ3) is 3.86. The maximum absolute atomic E-state index is 12.7. The van der Waals surface area contributed by atoms with Crippen LogP contribution in [0.1, 0.15) is 5.82 Å². The summed E-state index contributed by atoms with van der Waals surface area (Å²) in [6, 6.07) is -0.971. The number of carboxylic acids is 1. The number of hydrogen-bond acceptors (Lipinski definition) is 11. The Labute approximate surface area is 185 Å². The minimum Gasteiger partial charge on any atom is -0.477 e. The number of rotatable bonds is 7. The fraction of sp³-hybridized carbons (Fsp3) is 0.357. The lowest BCUT2D eigenvalue weighted by molar-refractivity contribution is -0.150. The maximum Gasteiger partial charge on any atom is 0.352 e. The molecule has 162 valence electrons. The normalized spacial score (nSPS) is 20.2. The summed E-state index contributed by atoms with van der Waals surface area (Å²) in [5, 5.41) is 32.8. The summed E-state index contributed by atoms with van der Waals surface area (Å²) in [4.78, 5) is 38.0. The van der Waals surface area contributed by atoms with Crippen molar-refractivity contribution in [3.8, 4) is 0 Å². The molecule has 1 fully saturated rings. The van der Waals surface area contributed by atoms with E-state index in [0.717, 1.165) is 9.58 Å². The molecule has 1 unspecified atom stereocenters. The van der Waals surface area contributed by atoms with E-state index >= 15 is 0 Å². The quantitative estimate of drug-likeness (QED) is 0.164. The number of H-pyrrole nitrogens is 1. The number of aliphatic carboxylic acids is 1. The van der Waals surface area contributed by atoms with Gasteiger partial charge in [0.1, 0.15) is 33.4 Å². The first-order chi connectivity index (χ1) is 14.9. The number of fused-ring (bicyclic) bond motifs is 1. The average molecular weight is 484 g/mol. The molecular formula is C14H13N9O5S3. The van der Waals surface area contributed by atoms with E-state index in [9.17, 15) is 23.7 Å². The number of nitrogens with one attached hydrogen (secondary N) is 2. The van der Waals surface area contributed by atoms with Crippen molar-refractivity contribution >= 4 is 57.4 Å². The highest BCUT2D eigenvalue weighted by Gasteiger charge is 2.54. The highest BCUT2D eigenvalue weighted by Crippen LogP contribution is 2.41. The van der Waals surface area contributed by atoms with E-state index in [4.69, 9.17) is 0 Å². The number of aromatic nitrogens is 7. The Hall–Kier alpha value is -3.05. The summed E-state index contributed by atoms with van der Waals surface area (Å²) in [6.07, 6.45) is 1.51. The van der Waals surface area contributed by atoms with Gasteiger partial charge in [0.05, 0.1) is 6.20 Å². The van der Waals surface area contributed by atoms with Gasteiger partial charge >= 0.3 is 5.97 Å². The van der Waals surface area contributed by atoms with Crippen molar-refractivity contribution in [1.29, 1.82) is 0 Å². The second kappa shape index (κ2) is 8.60. The molecule has 17 heteroatoms. The molecular weight excluding hydrogens is 470 g/mol. The Morgan fingerprint density at radius 3 is 2.87 bits per heavy atom. The lowest BCUT2D eigenvalue weighted by atomic mass is 10.0. The van der Waals surface area contributed by atoms with E-state index < -0.39 is 29.2 Å². The monoisotopic (exact) mass is 483 g/mol. The maximum atomic E-state index is 12.7. The largest absolute Gasteiger partial charge is 0.477 e. The third-order valence-corrected chi connectivity index (χ3v) is 7.32. The minimum atomic E-state index is -1.23. The molecule has 0 aromatic carbocycles. The molecule has 14 nitrogen and oxygen atoms in total. The molecule has 2 aromatic heterocycles. The molecule has 2 amide bonds. The molecule has 0 bridgehead atoms. The zero-order valence-corrected chi connectivity index (χ0v) is 18.0. The zero-order valence-electron chi connectivity index (χ0n) is 15.6. The van der Waals surface area contributed by atoms with E-state index in [-0.39, 0.29) is 27.6 Å². The van der Waals surface area contributed by atoms with Crippen molar-refractivity contribution < 1.29 is 23.7 Å². The van der Waals surface area contributed by atoms with Crippen LogP contribution >= 0.6 is 23.5 Å². The van der Waals surface area contributed by atoms with E-state index in [1.807, 2.05) is 0 Å². The van der Waals surface area contributed by atoms with Gasteiger partial charge in [0.2, 0.25) is 5.82 Å². The Bertz CT molecular complexity index is 1140. The fourth-order valence-electron chi connectivity index (χ4n) is 3.02. The van der Waals surface area contributed by atoms with Crippen LogP contribution in [-0.4, -0.2) is 95.4 Å². The molecule has 2 aromatic rings. The highest BCUT2D eigenvalue weighted by molar-refractivity contribution is 8.01. The van der Waals surface area contributed by atoms with E-state index in [1.54, 1.807) is 0 Å². The smallest absolute Gasteiger partial charge is 0.352 e. The topological polar surface area (TPSA) is 189 Å². The van der Waals surface area contributed by atoms with E-state index in [1.165, 1.54) is 36.8 Å². The van der Waals surface area contributed by atoms with Gasteiger partial charge in [-0.2, -0.15) is 0 Å². The van der Waals surface area contributed by atoms with Gasteiger partial charge in [-0.05, 0) is 16.0 Å². The van der Waals surface area contributed by atoms with Crippen LogP contribution in [0.15, 0.2) is 22.5 Å². The summed E-state index contributed by atoms with van der Waals surface area (Å²) in [5.41, 5.74) is 0.470. The molecule has 2 atom stereocenters. The predicted octanol–water partition coefficient (Wildman–Crippen LogP) is -2.41. The number of nitrogens with zero attached hydrogens (tertiary/aromatic N) is 7. The van der Waals surface area contributed by atoms with Crippen molar-refractivity contribution in [2.75, 3.05) is 11.5 Å². The van der Waals surface area contributed by atoms with Crippen LogP contribution in [0.3, 0.4) is 0 Å².